The first-order valence-corrected chi connectivity index (χ1v) is 14.6. The van der Waals surface area contributed by atoms with Crippen LogP contribution in [-0.2, 0) is 16.0 Å². The van der Waals surface area contributed by atoms with Gasteiger partial charge in [-0.1, -0.05) is 43.2 Å². The third-order valence-electron chi connectivity index (χ3n) is 7.35. The summed E-state index contributed by atoms with van der Waals surface area (Å²) in [5.41, 5.74) is 2.39. The van der Waals surface area contributed by atoms with Gasteiger partial charge in [0.1, 0.15) is 29.2 Å². The molecule has 1 saturated heterocycles. The third-order valence-corrected chi connectivity index (χ3v) is 8.37. The lowest BCUT2D eigenvalue weighted by atomic mass is 9.94. The zero-order chi connectivity index (χ0) is 28.7. The number of hydrogen-bond acceptors (Lipinski definition) is 7. The maximum Gasteiger partial charge on any atom is 0.301 e. The SMILES string of the molecule is CCCCCOc1cccc([C@@H]2/C(=C(\O)c3ccc4c(c3)C[C@@H](C)O4)C(=O)C(=O)N2c2nc3ccc(F)cc3s2)c1. The van der Waals surface area contributed by atoms with Crippen molar-refractivity contribution >= 4 is 44.1 Å². The summed E-state index contributed by atoms with van der Waals surface area (Å²) in [7, 11) is 0. The number of aliphatic hydroxyl groups is 1. The molecule has 3 aromatic carbocycles. The van der Waals surface area contributed by atoms with Gasteiger partial charge in [0.05, 0.1) is 28.4 Å². The summed E-state index contributed by atoms with van der Waals surface area (Å²) in [6.07, 6.45) is 3.70. The average Bonchev–Trinajstić information content (AvgIpc) is 3.62. The largest absolute Gasteiger partial charge is 0.507 e. The molecule has 0 radical (unpaired) electrons. The van der Waals surface area contributed by atoms with E-state index in [1.165, 1.54) is 23.1 Å². The molecule has 6 rings (SSSR count). The Balaban J connectivity index is 1.47. The Morgan fingerprint density at radius 3 is 2.83 bits per heavy atom. The molecule has 9 heteroatoms. The molecule has 0 unspecified atom stereocenters. The van der Waals surface area contributed by atoms with Gasteiger partial charge in [0.25, 0.3) is 5.78 Å². The molecule has 2 aliphatic rings. The van der Waals surface area contributed by atoms with Gasteiger partial charge in [-0.2, -0.15) is 0 Å². The molecule has 1 N–H and O–H groups in total. The van der Waals surface area contributed by atoms with Crippen LogP contribution in [0.2, 0.25) is 0 Å². The molecule has 0 aliphatic carbocycles. The van der Waals surface area contributed by atoms with Crippen molar-refractivity contribution in [2.75, 3.05) is 11.5 Å². The highest BCUT2D eigenvalue weighted by atomic mass is 32.1. The number of ether oxygens (including phenoxy) is 2. The van der Waals surface area contributed by atoms with Gasteiger partial charge in [0, 0.05) is 12.0 Å². The summed E-state index contributed by atoms with van der Waals surface area (Å²) in [6.45, 7) is 4.62. The highest BCUT2D eigenvalue weighted by molar-refractivity contribution is 7.22. The number of rotatable bonds is 8. The highest BCUT2D eigenvalue weighted by Crippen LogP contribution is 2.45. The van der Waals surface area contributed by atoms with Gasteiger partial charge in [-0.25, -0.2) is 9.37 Å². The molecule has 7 nitrogen and oxygen atoms in total. The van der Waals surface area contributed by atoms with Crippen LogP contribution < -0.4 is 14.4 Å². The zero-order valence-corrected chi connectivity index (χ0v) is 23.5. The average molecular weight is 573 g/mol. The summed E-state index contributed by atoms with van der Waals surface area (Å²) in [6, 6.07) is 15.7. The number of Topliss-reactive ketones (excluding diaryl/α,β-unsaturated/α-hetero) is 1. The number of unbranched alkanes of at least 4 members (excludes halogenated alkanes) is 2. The molecule has 1 aromatic heterocycles. The standard InChI is InChI=1S/C32H29FN2O5S/c1-3-4-5-13-39-23-8-6-7-19(16-23)28-27(29(36)20-9-12-25-21(15-20)14-18(2)40-25)30(37)31(38)35(28)32-34-24-11-10-22(33)17-26(24)41-32/h6-12,15-18,28,36H,3-5,13-14H2,1-2H3/b29-27+/t18-,28-/m1/s1. The Hall–Kier alpha value is -4.24. The van der Waals surface area contributed by atoms with Crippen LogP contribution in [0.25, 0.3) is 16.0 Å². The lowest BCUT2D eigenvalue weighted by molar-refractivity contribution is -0.132. The summed E-state index contributed by atoms with van der Waals surface area (Å²) in [5.74, 6) is -1.01. The number of amides is 1. The molecule has 3 heterocycles. The second-order valence-electron chi connectivity index (χ2n) is 10.4. The van der Waals surface area contributed by atoms with Gasteiger partial charge in [-0.05, 0) is 73.0 Å². The number of hydrogen-bond donors (Lipinski definition) is 1. The number of aliphatic hydroxyl groups excluding tert-OH is 1. The number of benzene rings is 3. The first-order chi connectivity index (χ1) is 19.8. The summed E-state index contributed by atoms with van der Waals surface area (Å²) in [5, 5.41) is 11.8. The maximum absolute atomic E-state index is 14.0. The highest BCUT2D eigenvalue weighted by Gasteiger charge is 2.48. The monoisotopic (exact) mass is 572 g/mol. The predicted octanol–water partition coefficient (Wildman–Crippen LogP) is 6.95. The molecule has 41 heavy (non-hydrogen) atoms. The third kappa shape index (κ3) is 5.06. The summed E-state index contributed by atoms with van der Waals surface area (Å²) < 4.78 is 26.3. The number of ketones is 1. The topological polar surface area (TPSA) is 89.0 Å². The lowest BCUT2D eigenvalue weighted by Crippen LogP contribution is -2.29. The van der Waals surface area contributed by atoms with E-state index in [1.54, 1.807) is 36.4 Å². The van der Waals surface area contributed by atoms with E-state index in [0.29, 0.717) is 40.1 Å². The molecule has 0 bridgehead atoms. The molecule has 1 amide bonds. The first-order valence-electron chi connectivity index (χ1n) is 13.7. The van der Waals surface area contributed by atoms with Crippen molar-refractivity contribution in [2.45, 2.75) is 51.7 Å². The van der Waals surface area contributed by atoms with Gasteiger partial charge in [-0.3, -0.25) is 14.5 Å². The van der Waals surface area contributed by atoms with E-state index in [-0.39, 0.29) is 22.6 Å². The van der Waals surface area contributed by atoms with E-state index < -0.39 is 23.5 Å². The minimum Gasteiger partial charge on any atom is -0.507 e. The van der Waals surface area contributed by atoms with E-state index in [0.717, 1.165) is 41.9 Å². The van der Waals surface area contributed by atoms with Gasteiger partial charge in [0.2, 0.25) is 0 Å². The van der Waals surface area contributed by atoms with Crippen molar-refractivity contribution in [3.63, 3.8) is 0 Å². The van der Waals surface area contributed by atoms with Gasteiger partial charge >= 0.3 is 5.91 Å². The number of carbonyl (C=O) groups is 2. The van der Waals surface area contributed by atoms with Crippen molar-refractivity contribution in [3.8, 4) is 11.5 Å². The summed E-state index contributed by atoms with van der Waals surface area (Å²) in [4.78, 5) is 33.1. The fraction of sp³-hybridized carbons (Fsp3) is 0.281. The molecule has 2 aliphatic heterocycles. The van der Waals surface area contributed by atoms with Crippen LogP contribution in [0.5, 0.6) is 11.5 Å². The Labute approximate surface area is 240 Å². The minimum absolute atomic E-state index is 0.0110. The minimum atomic E-state index is -0.969. The number of nitrogens with zero attached hydrogens (tertiary/aromatic N) is 2. The fourth-order valence-electron chi connectivity index (χ4n) is 5.38. The van der Waals surface area contributed by atoms with Crippen LogP contribution in [0, 0.1) is 5.82 Å². The van der Waals surface area contributed by atoms with E-state index >= 15 is 0 Å². The lowest BCUT2D eigenvalue weighted by Gasteiger charge is -2.23. The van der Waals surface area contributed by atoms with Crippen molar-refractivity contribution in [2.24, 2.45) is 0 Å². The fourth-order valence-corrected chi connectivity index (χ4v) is 6.39. The van der Waals surface area contributed by atoms with E-state index in [2.05, 4.69) is 11.9 Å². The first kappa shape index (κ1) is 27.0. The molecule has 0 spiro atoms. The number of fused-ring (bicyclic) bond motifs is 2. The van der Waals surface area contributed by atoms with Crippen molar-refractivity contribution in [1.82, 2.24) is 4.98 Å². The van der Waals surface area contributed by atoms with Crippen molar-refractivity contribution in [3.05, 3.63) is 88.7 Å². The number of thiazole rings is 1. The van der Waals surface area contributed by atoms with Crippen LogP contribution >= 0.6 is 11.3 Å². The van der Waals surface area contributed by atoms with Gasteiger partial charge in [-0.15, -0.1) is 0 Å². The van der Waals surface area contributed by atoms with Gasteiger partial charge in [0.15, 0.2) is 5.13 Å². The Morgan fingerprint density at radius 2 is 2.00 bits per heavy atom. The second kappa shape index (κ2) is 11.0. The second-order valence-corrected chi connectivity index (χ2v) is 11.4. The van der Waals surface area contributed by atoms with Crippen LogP contribution in [0.15, 0.2) is 66.2 Å². The van der Waals surface area contributed by atoms with Crippen molar-refractivity contribution in [1.29, 1.82) is 0 Å². The van der Waals surface area contributed by atoms with Gasteiger partial charge < -0.3 is 14.6 Å². The molecule has 2 atom stereocenters. The van der Waals surface area contributed by atoms with Crippen LogP contribution in [0.1, 0.15) is 55.8 Å². The molecular formula is C32H29FN2O5S. The molecule has 210 valence electrons. The maximum atomic E-state index is 14.0. The normalized spacial score (nSPS) is 19.5. The quantitative estimate of drug-likeness (QED) is 0.106. The zero-order valence-electron chi connectivity index (χ0n) is 22.7. The Morgan fingerprint density at radius 1 is 1.15 bits per heavy atom. The van der Waals surface area contributed by atoms with E-state index in [1.807, 2.05) is 13.0 Å². The van der Waals surface area contributed by atoms with Crippen LogP contribution in [0.3, 0.4) is 0 Å². The van der Waals surface area contributed by atoms with Crippen LogP contribution in [-0.4, -0.2) is 34.5 Å². The van der Waals surface area contributed by atoms with Crippen molar-refractivity contribution < 1.29 is 28.6 Å². The van der Waals surface area contributed by atoms with E-state index in [9.17, 15) is 19.1 Å². The summed E-state index contributed by atoms with van der Waals surface area (Å²) >= 11 is 1.11. The number of carbonyl (C=O) groups excluding carboxylic acids is 2. The Bertz CT molecular complexity index is 1700. The number of aromatic nitrogens is 1. The predicted molar refractivity (Wildman–Crippen MR) is 156 cm³/mol. The molecule has 0 saturated carbocycles. The van der Waals surface area contributed by atoms with E-state index in [4.69, 9.17) is 9.47 Å². The number of halogens is 1. The number of anilines is 1. The molecule has 4 aromatic rings. The van der Waals surface area contributed by atoms with Crippen LogP contribution in [0.4, 0.5) is 9.52 Å². The molecule has 1 fully saturated rings. The Kier molecular flexibility index (Phi) is 7.21. The smallest absolute Gasteiger partial charge is 0.301 e. The molecular weight excluding hydrogens is 543 g/mol.